The zero-order chi connectivity index (χ0) is 15.0. The van der Waals surface area contributed by atoms with Crippen molar-refractivity contribution in [3.63, 3.8) is 0 Å². The minimum atomic E-state index is -0.310. The first kappa shape index (κ1) is 13.5. The Kier molecular flexibility index (Phi) is 3.31. The molecule has 3 rings (SSSR count). The summed E-state index contributed by atoms with van der Waals surface area (Å²) in [7, 11) is 0. The molecule has 21 heavy (non-hydrogen) atoms. The average molecular weight is 345 g/mol. The number of anilines is 1. The molecule has 2 heterocycles. The van der Waals surface area contributed by atoms with E-state index in [-0.39, 0.29) is 30.2 Å². The first-order valence-electron chi connectivity index (χ1n) is 6.16. The van der Waals surface area contributed by atoms with Crippen LogP contribution < -0.4 is 4.90 Å². The average Bonchev–Trinajstić information content (AvgIpc) is 3.02. The fourth-order valence-corrected chi connectivity index (χ4v) is 2.49. The van der Waals surface area contributed by atoms with Gasteiger partial charge < -0.3 is 0 Å². The number of carbonyl (C=O) groups excluding carboxylic acids is 2. The lowest BCUT2D eigenvalue weighted by Gasteiger charge is -2.17. The van der Waals surface area contributed by atoms with Crippen LogP contribution in [0, 0.1) is 11.3 Å². The fraction of sp³-hybridized carbons (Fsp3) is 0.143. The Hall–Kier alpha value is -2.46. The summed E-state index contributed by atoms with van der Waals surface area (Å²) in [4.78, 5) is 24.7. The van der Waals surface area contributed by atoms with Crippen LogP contribution in [0.15, 0.2) is 34.9 Å². The maximum Gasteiger partial charge on any atom is 0.236 e. The van der Waals surface area contributed by atoms with Crippen LogP contribution in [-0.2, 0) is 9.59 Å². The number of hydrogen-bond acceptors (Lipinski definition) is 4. The van der Waals surface area contributed by atoms with Gasteiger partial charge in [-0.05, 0) is 24.3 Å². The number of nitriles is 1. The van der Waals surface area contributed by atoms with Gasteiger partial charge in [-0.15, -0.1) is 0 Å². The maximum atomic E-state index is 11.9. The van der Waals surface area contributed by atoms with E-state index in [2.05, 4.69) is 21.0 Å². The van der Waals surface area contributed by atoms with Crippen molar-refractivity contribution in [2.24, 2.45) is 0 Å². The Labute approximate surface area is 128 Å². The highest BCUT2D eigenvalue weighted by molar-refractivity contribution is 9.10. The minimum Gasteiger partial charge on any atom is -0.297 e. The summed E-state index contributed by atoms with van der Waals surface area (Å²) in [5, 5.41) is 13.4. The van der Waals surface area contributed by atoms with E-state index in [1.54, 1.807) is 0 Å². The molecule has 0 N–H and O–H groups in total. The monoisotopic (exact) mass is 344 g/mol. The molecule has 0 bridgehead atoms. The van der Waals surface area contributed by atoms with Crippen LogP contribution in [-0.4, -0.2) is 28.0 Å². The summed E-state index contributed by atoms with van der Waals surface area (Å²) in [6, 6.07) is 9.31. The zero-order valence-electron chi connectivity index (χ0n) is 10.8. The molecule has 0 aliphatic carbocycles. The third-order valence-corrected chi connectivity index (χ3v) is 3.70. The number of nitrogens with zero attached hydrogens (tertiary/aromatic N) is 4. The molecule has 0 spiro atoms. The molecule has 1 aliphatic heterocycles. The Morgan fingerprint density at radius 2 is 1.95 bits per heavy atom. The summed E-state index contributed by atoms with van der Waals surface area (Å²) >= 11 is 3.35. The number of benzene rings is 1. The minimum absolute atomic E-state index is 0.0181. The van der Waals surface area contributed by atoms with E-state index in [1.165, 1.54) is 15.8 Å². The van der Waals surface area contributed by atoms with Gasteiger partial charge in [0.15, 0.2) is 11.6 Å². The van der Waals surface area contributed by atoms with Gasteiger partial charge in [0, 0.05) is 4.47 Å². The molecule has 0 radical (unpaired) electrons. The van der Waals surface area contributed by atoms with E-state index in [4.69, 9.17) is 0 Å². The van der Waals surface area contributed by atoms with Crippen molar-refractivity contribution in [3.05, 3.63) is 40.5 Å². The van der Waals surface area contributed by atoms with Crippen molar-refractivity contribution in [2.75, 3.05) is 11.4 Å². The van der Waals surface area contributed by atoms with Gasteiger partial charge in [0.05, 0.1) is 24.8 Å². The van der Waals surface area contributed by atoms with E-state index in [9.17, 15) is 14.9 Å². The lowest BCUT2D eigenvalue weighted by atomic mass is 10.3. The molecule has 1 aromatic heterocycles. The van der Waals surface area contributed by atoms with Gasteiger partial charge in [0.1, 0.15) is 11.6 Å². The Balaban J connectivity index is 2.13. The van der Waals surface area contributed by atoms with Crippen molar-refractivity contribution in [1.29, 1.82) is 5.26 Å². The van der Waals surface area contributed by atoms with E-state index in [1.807, 2.05) is 30.3 Å². The maximum absolute atomic E-state index is 11.9. The molecule has 1 amide bonds. The van der Waals surface area contributed by atoms with Crippen LogP contribution >= 0.6 is 15.9 Å². The first-order valence-corrected chi connectivity index (χ1v) is 6.95. The highest BCUT2D eigenvalue weighted by atomic mass is 79.9. The van der Waals surface area contributed by atoms with Crippen molar-refractivity contribution in [3.8, 4) is 11.8 Å². The number of rotatable bonds is 2. The zero-order valence-corrected chi connectivity index (χ0v) is 12.4. The number of carbonyl (C=O) groups is 2. The van der Waals surface area contributed by atoms with Gasteiger partial charge in [0.25, 0.3) is 0 Å². The summed E-state index contributed by atoms with van der Waals surface area (Å²) in [5.41, 5.74) is 0.975. The smallest absolute Gasteiger partial charge is 0.236 e. The van der Waals surface area contributed by atoms with E-state index in [0.29, 0.717) is 11.5 Å². The van der Waals surface area contributed by atoms with Crippen LogP contribution in [0.3, 0.4) is 0 Å². The normalized spacial score (nSPS) is 14.6. The molecule has 0 atom stereocenters. The number of Topliss-reactive ketones (excluding diaryl/α,β-unsaturated/α-hetero) is 1. The van der Waals surface area contributed by atoms with Crippen LogP contribution in [0.5, 0.6) is 0 Å². The molecule has 7 heteroatoms. The van der Waals surface area contributed by atoms with Crippen LogP contribution in [0.1, 0.15) is 12.0 Å². The quantitative estimate of drug-likeness (QED) is 0.778. The van der Waals surface area contributed by atoms with Gasteiger partial charge in [-0.3, -0.25) is 14.5 Å². The third kappa shape index (κ3) is 2.34. The Morgan fingerprint density at radius 3 is 2.52 bits per heavy atom. The second-order valence-electron chi connectivity index (χ2n) is 4.58. The molecule has 104 valence electrons. The highest BCUT2D eigenvalue weighted by Gasteiger charge is 2.33. The van der Waals surface area contributed by atoms with Gasteiger partial charge in [0.2, 0.25) is 5.91 Å². The highest BCUT2D eigenvalue weighted by Crippen LogP contribution is 2.27. The molecule has 1 aliphatic rings. The predicted octanol–water partition coefficient (Wildman–Crippen LogP) is 1.81. The number of halogens is 1. The lowest BCUT2D eigenvalue weighted by Crippen LogP contribution is -2.27. The van der Waals surface area contributed by atoms with E-state index in [0.717, 1.165) is 4.47 Å². The van der Waals surface area contributed by atoms with Gasteiger partial charge in [-0.25, -0.2) is 4.68 Å². The molecule has 2 aromatic rings. The standard InChI is InChI=1S/C14H9BrN4O2/c15-10-1-3-11(4-2-10)19-14(9(6-16)7-17-19)18-8-12(20)5-13(18)21/h1-4,7H,5,8H2. The lowest BCUT2D eigenvalue weighted by molar-refractivity contribution is -0.121. The van der Waals surface area contributed by atoms with E-state index >= 15 is 0 Å². The van der Waals surface area contributed by atoms with Crippen molar-refractivity contribution >= 4 is 33.4 Å². The molecule has 0 saturated carbocycles. The van der Waals surface area contributed by atoms with Crippen LogP contribution in [0.25, 0.3) is 5.69 Å². The molecule has 1 aromatic carbocycles. The Morgan fingerprint density at radius 1 is 1.24 bits per heavy atom. The summed E-state index contributed by atoms with van der Waals surface area (Å²) in [6.45, 7) is -0.0181. The number of aromatic nitrogens is 2. The molecular formula is C14H9BrN4O2. The number of ketones is 1. The van der Waals surface area contributed by atoms with Crippen LogP contribution in [0.2, 0.25) is 0 Å². The number of amides is 1. The summed E-state index contributed by atoms with van der Waals surface area (Å²) < 4.78 is 2.41. The second kappa shape index (κ2) is 5.14. The molecule has 1 saturated heterocycles. The van der Waals surface area contributed by atoms with Crippen molar-refractivity contribution in [1.82, 2.24) is 9.78 Å². The summed E-state index contributed by atoms with van der Waals surface area (Å²) in [5.74, 6) is -0.126. The van der Waals surface area contributed by atoms with Crippen molar-refractivity contribution in [2.45, 2.75) is 6.42 Å². The first-order chi connectivity index (χ1) is 10.1. The molecule has 1 fully saturated rings. The predicted molar refractivity (Wildman–Crippen MR) is 78.0 cm³/mol. The van der Waals surface area contributed by atoms with Crippen LogP contribution in [0.4, 0.5) is 5.82 Å². The van der Waals surface area contributed by atoms with Gasteiger partial charge >= 0.3 is 0 Å². The van der Waals surface area contributed by atoms with Gasteiger partial charge in [-0.2, -0.15) is 10.4 Å². The number of hydrogen-bond donors (Lipinski definition) is 0. The second-order valence-corrected chi connectivity index (χ2v) is 5.49. The Bertz CT molecular complexity index is 773. The van der Waals surface area contributed by atoms with Crippen molar-refractivity contribution < 1.29 is 9.59 Å². The molecule has 6 nitrogen and oxygen atoms in total. The molecule has 0 unspecified atom stereocenters. The fourth-order valence-electron chi connectivity index (χ4n) is 2.23. The molecular weight excluding hydrogens is 336 g/mol. The summed E-state index contributed by atoms with van der Waals surface area (Å²) in [6.07, 6.45) is 1.27. The van der Waals surface area contributed by atoms with E-state index < -0.39 is 0 Å². The van der Waals surface area contributed by atoms with Gasteiger partial charge in [-0.1, -0.05) is 15.9 Å². The largest absolute Gasteiger partial charge is 0.297 e. The topological polar surface area (TPSA) is 79.0 Å². The third-order valence-electron chi connectivity index (χ3n) is 3.18. The SMILES string of the molecule is N#Cc1cnn(-c2ccc(Br)cc2)c1N1CC(=O)CC1=O.